The van der Waals surface area contributed by atoms with Crippen LogP contribution in [0.1, 0.15) is 77.2 Å². The van der Waals surface area contributed by atoms with Crippen LogP contribution in [-0.2, 0) is 6.42 Å². The highest BCUT2D eigenvalue weighted by Crippen LogP contribution is 2.21. The average Bonchev–Trinajstić information content (AvgIpc) is 2.69. The molecule has 0 unspecified atom stereocenters. The van der Waals surface area contributed by atoms with E-state index in [4.69, 9.17) is 4.74 Å². The van der Waals surface area contributed by atoms with Gasteiger partial charge >= 0.3 is 0 Å². The van der Waals surface area contributed by atoms with Crippen LogP contribution in [0.4, 0.5) is 0 Å². The zero-order valence-electron chi connectivity index (χ0n) is 16.7. The van der Waals surface area contributed by atoms with Gasteiger partial charge in [0.25, 0.3) is 0 Å². The molecule has 0 saturated heterocycles. The molecule has 2 heteroatoms. The van der Waals surface area contributed by atoms with E-state index < -0.39 is 0 Å². The number of benzene rings is 1. The molecule has 1 aromatic heterocycles. The van der Waals surface area contributed by atoms with Crippen molar-refractivity contribution in [2.45, 2.75) is 78.1 Å². The minimum atomic E-state index is 0.814. The van der Waals surface area contributed by atoms with Gasteiger partial charge in [0.1, 0.15) is 5.75 Å². The van der Waals surface area contributed by atoms with Crippen molar-refractivity contribution in [1.82, 2.24) is 4.98 Å². The zero-order valence-corrected chi connectivity index (χ0v) is 16.7. The van der Waals surface area contributed by atoms with E-state index in [0.717, 1.165) is 36.5 Å². The molecule has 0 amide bonds. The summed E-state index contributed by atoms with van der Waals surface area (Å²) in [7, 11) is 0. The Kier molecular flexibility index (Phi) is 9.86. The van der Waals surface area contributed by atoms with E-state index >= 15 is 0 Å². The van der Waals surface area contributed by atoms with Gasteiger partial charge in [-0.1, -0.05) is 64.9 Å². The Bertz CT molecular complexity index is 589. The minimum absolute atomic E-state index is 0.814. The number of pyridine rings is 1. The van der Waals surface area contributed by atoms with Crippen molar-refractivity contribution in [1.29, 1.82) is 0 Å². The fourth-order valence-electron chi connectivity index (χ4n) is 3.12. The Morgan fingerprint density at radius 1 is 0.731 bits per heavy atom. The molecule has 0 radical (unpaired) electrons. The molecule has 142 valence electrons. The van der Waals surface area contributed by atoms with E-state index in [-0.39, 0.29) is 0 Å². The Hall–Kier alpha value is -1.83. The fourth-order valence-corrected chi connectivity index (χ4v) is 3.12. The minimum Gasteiger partial charge on any atom is -0.494 e. The van der Waals surface area contributed by atoms with Crippen molar-refractivity contribution in [3.05, 3.63) is 48.2 Å². The third kappa shape index (κ3) is 7.59. The molecule has 0 spiro atoms. The standard InChI is InChI=1S/C24H35NO/c1-3-5-7-9-11-19-26-23-16-14-22(15-17-23)24-18-13-21(20-25-24)12-10-8-6-4-2/h13-18,20H,3-12,19H2,1-2H3. The van der Waals surface area contributed by atoms with Crippen molar-refractivity contribution >= 4 is 0 Å². The van der Waals surface area contributed by atoms with Crippen LogP contribution in [0.5, 0.6) is 5.75 Å². The van der Waals surface area contributed by atoms with Crippen molar-refractivity contribution in [2.75, 3.05) is 6.61 Å². The Labute approximate surface area is 160 Å². The lowest BCUT2D eigenvalue weighted by atomic mass is 10.1. The molecular formula is C24H35NO. The fraction of sp³-hybridized carbons (Fsp3) is 0.542. The summed E-state index contributed by atoms with van der Waals surface area (Å²) in [4.78, 5) is 4.64. The van der Waals surface area contributed by atoms with E-state index in [1.807, 2.05) is 6.20 Å². The van der Waals surface area contributed by atoms with Crippen molar-refractivity contribution in [3.63, 3.8) is 0 Å². The molecule has 1 heterocycles. The molecule has 1 aromatic carbocycles. The molecule has 2 aromatic rings. The van der Waals surface area contributed by atoms with Gasteiger partial charge in [0.15, 0.2) is 0 Å². The number of nitrogens with zero attached hydrogens (tertiary/aromatic N) is 1. The summed E-state index contributed by atoms with van der Waals surface area (Å²) in [5.41, 5.74) is 3.53. The van der Waals surface area contributed by atoms with E-state index in [2.05, 4.69) is 55.2 Å². The third-order valence-corrected chi connectivity index (χ3v) is 4.81. The first-order valence-corrected chi connectivity index (χ1v) is 10.5. The second-order valence-electron chi connectivity index (χ2n) is 7.15. The summed E-state index contributed by atoms with van der Waals surface area (Å²) >= 11 is 0. The summed E-state index contributed by atoms with van der Waals surface area (Å²) in [6.45, 7) is 5.31. The van der Waals surface area contributed by atoms with Crippen LogP contribution >= 0.6 is 0 Å². The predicted molar refractivity (Wildman–Crippen MR) is 112 cm³/mol. The van der Waals surface area contributed by atoms with Gasteiger partial charge in [-0.3, -0.25) is 4.98 Å². The molecule has 0 saturated carbocycles. The third-order valence-electron chi connectivity index (χ3n) is 4.81. The summed E-state index contributed by atoms with van der Waals surface area (Å²) in [6.07, 6.45) is 14.7. The van der Waals surface area contributed by atoms with E-state index in [9.17, 15) is 0 Å². The lowest BCUT2D eigenvalue weighted by Gasteiger charge is -2.08. The predicted octanol–water partition coefficient (Wildman–Crippen LogP) is 7.22. The molecule has 0 aliphatic heterocycles. The van der Waals surface area contributed by atoms with Gasteiger partial charge in [0, 0.05) is 11.8 Å². The first-order chi connectivity index (χ1) is 12.8. The number of aromatic nitrogens is 1. The van der Waals surface area contributed by atoms with Crippen LogP contribution < -0.4 is 4.74 Å². The lowest BCUT2D eigenvalue weighted by Crippen LogP contribution is -1.97. The van der Waals surface area contributed by atoms with Gasteiger partial charge in [-0.15, -0.1) is 0 Å². The normalized spacial score (nSPS) is 10.8. The maximum Gasteiger partial charge on any atom is 0.119 e. The smallest absolute Gasteiger partial charge is 0.119 e. The second kappa shape index (κ2) is 12.5. The van der Waals surface area contributed by atoms with E-state index in [0.29, 0.717) is 0 Å². The maximum absolute atomic E-state index is 5.84. The van der Waals surface area contributed by atoms with Crippen LogP contribution in [0.15, 0.2) is 42.6 Å². The monoisotopic (exact) mass is 353 g/mol. The number of hydrogen-bond acceptors (Lipinski definition) is 2. The zero-order chi connectivity index (χ0) is 18.5. The van der Waals surface area contributed by atoms with Crippen LogP contribution in [-0.4, -0.2) is 11.6 Å². The van der Waals surface area contributed by atoms with Gasteiger partial charge in [-0.25, -0.2) is 0 Å². The van der Waals surface area contributed by atoms with Crippen LogP contribution in [0.25, 0.3) is 11.3 Å². The van der Waals surface area contributed by atoms with Crippen LogP contribution in [0.3, 0.4) is 0 Å². The first kappa shape index (κ1) is 20.5. The molecule has 26 heavy (non-hydrogen) atoms. The van der Waals surface area contributed by atoms with Crippen molar-refractivity contribution < 1.29 is 4.74 Å². The van der Waals surface area contributed by atoms with Crippen LogP contribution in [0, 0.1) is 0 Å². The molecule has 0 bridgehead atoms. The molecule has 0 aliphatic rings. The van der Waals surface area contributed by atoms with E-state index in [1.54, 1.807) is 0 Å². The summed E-state index contributed by atoms with van der Waals surface area (Å²) in [6, 6.07) is 12.7. The molecule has 0 aliphatic carbocycles. The topological polar surface area (TPSA) is 22.1 Å². The number of unbranched alkanes of at least 4 members (excludes halogenated alkanes) is 7. The van der Waals surface area contributed by atoms with Crippen molar-refractivity contribution in [3.8, 4) is 17.0 Å². The number of rotatable bonds is 13. The second-order valence-corrected chi connectivity index (χ2v) is 7.15. The first-order valence-electron chi connectivity index (χ1n) is 10.5. The average molecular weight is 354 g/mol. The summed E-state index contributed by atoms with van der Waals surface area (Å²) in [5, 5.41) is 0. The Balaban J connectivity index is 1.76. The van der Waals surface area contributed by atoms with Gasteiger partial charge in [-0.05, 0) is 55.2 Å². The van der Waals surface area contributed by atoms with Gasteiger partial charge in [-0.2, -0.15) is 0 Å². The SMILES string of the molecule is CCCCCCCOc1ccc(-c2ccc(CCCCCC)cn2)cc1. The van der Waals surface area contributed by atoms with Gasteiger partial charge < -0.3 is 4.74 Å². The largest absolute Gasteiger partial charge is 0.494 e. The number of hydrogen-bond donors (Lipinski definition) is 0. The van der Waals surface area contributed by atoms with Gasteiger partial charge in [0.2, 0.25) is 0 Å². The van der Waals surface area contributed by atoms with E-state index in [1.165, 1.54) is 56.9 Å². The highest BCUT2D eigenvalue weighted by Gasteiger charge is 2.02. The van der Waals surface area contributed by atoms with Crippen molar-refractivity contribution in [2.24, 2.45) is 0 Å². The molecule has 0 fully saturated rings. The molecule has 2 nitrogen and oxygen atoms in total. The number of aryl methyl sites for hydroxylation is 1. The highest BCUT2D eigenvalue weighted by atomic mass is 16.5. The van der Waals surface area contributed by atoms with Crippen LogP contribution in [0.2, 0.25) is 0 Å². The molecular weight excluding hydrogens is 318 g/mol. The lowest BCUT2D eigenvalue weighted by molar-refractivity contribution is 0.304. The highest BCUT2D eigenvalue weighted by molar-refractivity contribution is 5.60. The molecule has 2 rings (SSSR count). The quantitative estimate of drug-likeness (QED) is 0.355. The van der Waals surface area contributed by atoms with Gasteiger partial charge in [0.05, 0.1) is 12.3 Å². The summed E-state index contributed by atoms with van der Waals surface area (Å²) in [5.74, 6) is 0.955. The Morgan fingerprint density at radius 3 is 2.08 bits per heavy atom. The maximum atomic E-state index is 5.84. The summed E-state index contributed by atoms with van der Waals surface area (Å²) < 4.78 is 5.84. The number of ether oxygens (including phenoxy) is 1. The Morgan fingerprint density at radius 2 is 1.42 bits per heavy atom. The molecule has 0 atom stereocenters. The molecule has 0 N–H and O–H groups in total.